The minimum atomic E-state index is -4.95. The van der Waals surface area contributed by atoms with Gasteiger partial charge in [-0.2, -0.15) is 0 Å². The highest BCUT2D eigenvalue weighted by Gasteiger charge is 2.33. The third-order valence-electron chi connectivity index (χ3n) is 6.35. The van der Waals surface area contributed by atoms with Gasteiger partial charge in [0.1, 0.15) is 5.75 Å². The standard InChI is InChI=1S/C27H28F3N5O4/c28-27(29,30)39-24-16-18-3-5-21(24)22-7-9-32-26(34-22)33-20-4-6-23(35-10-13-37-14-11-35)19(15-20)17-38-12-2-1-8-31-25(18)36/h3-7,9,15-16H,1-2,8,10-14,17H2,(H,31,36)(H,32,33,34). The van der Waals surface area contributed by atoms with E-state index in [2.05, 4.69) is 30.2 Å². The molecule has 2 aromatic carbocycles. The van der Waals surface area contributed by atoms with Crippen molar-refractivity contribution in [1.29, 1.82) is 0 Å². The van der Waals surface area contributed by atoms with Crippen LogP contribution in [0.3, 0.4) is 0 Å². The molecule has 9 nitrogen and oxygen atoms in total. The number of rotatable bonds is 2. The maximum atomic E-state index is 13.2. The highest BCUT2D eigenvalue weighted by Crippen LogP contribution is 2.35. The monoisotopic (exact) mass is 543 g/mol. The van der Waals surface area contributed by atoms with Gasteiger partial charge in [-0.25, -0.2) is 9.97 Å². The summed E-state index contributed by atoms with van der Waals surface area (Å²) < 4.78 is 55.5. The minimum Gasteiger partial charge on any atom is -0.405 e. The van der Waals surface area contributed by atoms with Crippen molar-refractivity contribution in [2.75, 3.05) is 49.7 Å². The number of ether oxygens (including phenoxy) is 3. The van der Waals surface area contributed by atoms with Crippen LogP contribution in [-0.4, -0.2) is 61.7 Å². The van der Waals surface area contributed by atoms with Crippen LogP contribution in [0.5, 0.6) is 5.75 Å². The fourth-order valence-corrected chi connectivity index (χ4v) is 4.49. The van der Waals surface area contributed by atoms with Crippen molar-refractivity contribution in [3.8, 4) is 17.0 Å². The average molecular weight is 544 g/mol. The fraction of sp³-hybridized carbons (Fsp3) is 0.370. The van der Waals surface area contributed by atoms with Crippen molar-refractivity contribution < 1.29 is 32.2 Å². The molecule has 1 aromatic heterocycles. The van der Waals surface area contributed by atoms with Crippen LogP contribution in [0.1, 0.15) is 28.8 Å². The first-order chi connectivity index (χ1) is 18.9. The highest BCUT2D eigenvalue weighted by molar-refractivity contribution is 5.95. The number of hydrogen-bond acceptors (Lipinski definition) is 8. The molecule has 39 heavy (non-hydrogen) atoms. The zero-order chi connectivity index (χ0) is 27.2. The predicted octanol–water partition coefficient (Wildman–Crippen LogP) is 4.66. The molecule has 3 aliphatic rings. The largest absolute Gasteiger partial charge is 0.573 e. The molecule has 0 radical (unpaired) electrons. The van der Waals surface area contributed by atoms with E-state index >= 15 is 0 Å². The van der Waals surface area contributed by atoms with Gasteiger partial charge >= 0.3 is 6.36 Å². The fourth-order valence-electron chi connectivity index (χ4n) is 4.49. The Kier molecular flexibility index (Phi) is 8.13. The molecule has 0 saturated carbocycles. The van der Waals surface area contributed by atoms with E-state index in [9.17, 15) is 18.0 Å². The number of anilines is 3. The molecule has 1 fully saturated rings. The van der Waals surface area contributed by atoms with Gasteiger partial charge in [-0.15, -0.1) is 13.2 Å². The number of aromatic nitrogens is 2. The van der Waals surface area contributed by atoms with Crippen LogP contribution in [0.15, 0.2) is 48.7 Å². The van der Waals surface area contributed by atoms with Crippen LogP contribution in [0.2, 0.25) is 0 Å². The van der Waals surface area contributed by atoms with Gasteiger partial charge in [-0.05, 0) is 55.3 Å². The van der Waals surface area contributed by atoms with E-state index in [0.29, 0.717) is 51.5 Å². The van der Waals surface area contributed by atoms with E-state index in [1.807, 2.05) is 18.2 Å². The summed E-state index contributed by atoms with van der Waals surface area (Å²) in [5.74, 6) is -0.830. The van der Waals surface area contributed by atoms with E-state index in [4.69, 9.17) is 9.47 Å². The van der Waals surface area contributed by atoms with Crippen LogP contribution in [0.4, 0.5) is 30.5 Å². The van der Waals surface area contributed by atoms with Gasteiger partial charge in [0, 0.05) is 60.5 Å². The number of nitrogens with zero attached hydrogens (tertiary/aromatic N) is 3. The van der Waals surface area contributed by atoms with Crippen LogP contribution in [0.25, 0.3) is 11.3 Å². The molecule has 0 unspecified atom stereocenters. The Bertz CT molecular complexity index is 1310. The number of benzene rings is 2. The van der Waals surface area contributed by atoms with Crippen molar-refractivity contribution in [3.63, 3.8) is 0 Å². The summed E-state index contributed by atoms with van der Waals surface area (Å²) >= 11 is 0. The number of carbonyl (C=O) groups excluding carboxylic acids is 1. The second-order valence-corrected chi connectivity index (χ2v) is 9.11. The summed E-state index contributed by atoms with van der Waals surface area (Å²) in [5.41, 5.74) is 3.05. The Morgan fingerprint density at radius 2 is 1.82 bits per heavy atom. The summed E-state index contributed by atoms with van der Waals surface area (Å²) in [7, 11) is 0. The number of amides is 1. The van der Waals surface area contributed by atoms with Gasteiger partial charge in [0.05, 0.1) is 25.5 Å². The Labute approximate surface area is 223 Å². The molecule has 1 saturated heterocycles. The maximum Gasteiger partial charge on any atom is 0.573 e. The van der Waals surface area contributed by atoms with Crippen LogP contribution in [-0.2, 0) is 16.1 Å². The molecular formula is C27H28F3N5O4. The second kappa shape index (κ2) is 11.9. The lowest BCUT2D eigenvalue weighted by atomic mass is 10.1. The molecule has 3 aliphatic heterocycles. The summed E-state index contributed by atoms with van der Waals surface area (Å²) in [6.45, 7) is 4.06. The lowest BCUT2D eigenvalue weighted by Gasteiger charge is -2.31. The Balaban J connectivity index is 1.51. The quantitative estimate of drug-likeness (QED) is 0.482. The Morgan fingerprint density at radius 3 is 2.64 bits per heavy atom. The zero-order valence-corrected chi connectivity index (χ0v) is 21.1. The number of halogens is 3. The van der Waals surface area contributed by atoms with Gasteiger partial charge in [0.15, 0.2) is 0 Å². The molecule has 0 atom stereocenters. The summed E-state index contributed by atoms with van der Waals surface area (Å²) in [4.78, 5) is 23.5. The molecule has 1 amide bonds. The van der Waals surface area contributed by atoms with Crippen LogP contribution >= 0.6 is 0 Å². The smallest absolute Gasteiger partial charge is 0.405 e. The SMILES string of the molecule is O=C1NCCCCOCc2cc(ccc2N2CCOCC2)Nc2nccc(n2)-c2ccc1cc2OC(F)(F)F. The van der Waals surface area contributed by atoms with Crippen molar-refractivity contribution in [2.45, 2.75) is 25.8 Å². The predicted molar refractivity (Wildman–Crippen MR) is 138 cm³/mol. The van der Waals surface area contributed by atoms with Gasteiger partial charge in [0.2, 0.25) is 5.95 Å². The first-order valence-corrected chi connectivity index (χ1v) is 12.7. The zero-order valence-electron chi connectivity index (χ0n) is 21.1. The van der Waals surface area contributed by atoms with E-state index in [1.54, 1.807) is 0 Å². The molecule has 6 rings (SSSR count). The lowest BCUT2D eigenvalue weighted by Crippen LogP contribution is -2.36. The number of fused-ring (bicyclic) bond motifs is 9. The highest BCUT2D eigenvalue weighted by atomic mass is 19.4. The van der Waals surface area contributed by atoms with Crippen molar-refractivity contribution in [2.24, 2.45) is 0 Å². The number of nitrogens with one attached hydrogen (secondary N) is 2. The molecule has 2 N–H and O–H groups in total. The lowest BCUT2D eigenvalue weighted by molar-refractivity contribution is -0.274. The minimum absolute atomic E-state index is 0.0474. The maximum absolute atomic E-state index is 13.2. The second-order valence-electron chi connectivity index (χ2n) is 9.11. The third-order valence-corrected chi connectivity index (χ3v) is 6.35. The topological polar surface area (TPSA) is 97.8 Å². The number of alkyl halides is 3. The van der Waals surface area contributed by atoms with Crippen LogP contribution < -0.4 is 20.3 Å². The molecule has 206 valence electrons. The van der Waals surface area contributed by atoms with E-state index in [-0.39, 0.29) is 22.8 Å². The van der Waals surface area contributed by atoms with E-state index in [1.165, 1.54) is 24.4 Å². The first kappa shape index (κ1) is 26.7. The molecule has 12 heteroatoms. The molecule has 0 spiro atoms. The Hall–Kier alpha value is -3.90. The van der Waals surface area contributed by atoms with Crippen molar-refractivity contribution in [3.05, 3.63) is 59.8 Å². The summed E-state index contributed by atoms with van der Waals surface area (Å²) in [6, 6.07) is 11.2. The first-order valence-electron chi connectivity index (χ1n) is 12.7. The molecule has 3 aromatic rings. The Morgan fingerprint density at radius 1 is 0.974 bits per heavy atom. The third kappa shape index (κ3) is 6.95. The van der Waals surface area contributed by atoms with Crippen molar-refractivity contribution in [1.82, 2.24) is 15.3 Å². The molecule has 4 heterocycles. The van der Waals surface area contributed by atoms with Gasteiger partial charge in [-0.3, -0.25) is 4.79 Å². The average Bonchev–Trinajstić information content (AvgIpc) is 2.92. The number of morpholine rings is 1. The van der Waals surface area contributed by atoms with Gasteiger partial charge < -0.3 is 29.7 Å². The van der Waals surface area contributed by atoms with Gasteiger partial charge in [-0.1, -0.05) is 0 Å². The summed E-state index contributed by atoms with van der Waals surface area (Å²) in [6.07, 6.45) is -2.16. The summed E-state index contributed by atoms with van der Waals surface area (Å²) in [5, 5.41) is 5.89. The molecular weight excluding hydrogens is 515 g/mol. The van der Waals surface area contributed by atoms with E-state index < -0.39 is 18.0 Å². The van der Waals surface area contributed by atoms with Crippen LogP contribution in [0, 0.1) is 0 Å². The number of hydrogen-bond donors (Lipinski definition) is 2. The number of carbonyl (C=O) groups is 1. The van der Waals surface area contributed by atoms with E-state index in [0.717, 1.165) is 30.4 Å². The van der Waals surface area contributed by atoms with Crippen molar-refractivity contribution >= 4 is 23.2 Å². The molecule has 0 aliphatic carbocycles. The molecule has 6 bridgehead atoms. The van der Waals surface area contributed by atoms with Gasteiger partial charge in [0.25, 0.3) is 5.91 Å². The normalized spacial score (nSPS) is 16.9.